The first-order valence-electron chi connectivity index (χ1n) is 5.91. The molecule has 0 fully saturated rings. The Hall–Kier alpha value is -1.91. The van der Waals surface area contributed by atoms with Crippen LogP contribution in [0.4, 0.5) is 5.69 Å². The van der Waals surface area contributed by atoms with Gasteiger partial charge in [-0.15, -0.1) is 0 Å². The zero-order valence-corrected chi connectivity index (χ0v) is 11.1. The highest BCUT2D eigenvalue weighted by molar-refractivity contribution is 5.95. The highest BCUT2D eigenvalue weighted by atomic mass is 16.6. The molecular formula is C13H18N2O3. The molecule has 0 radical (unpaired) electrons. The van der Waals surface area contributed by atoms with Crippen LogP contribution in [0.3, 0.4) is 0 Å². The lowest BCUT2D eigenvalue weighted by Gasteiger charge is -2.30. The molecular weight excluding hydrogens is 232 g/mol. The second-order valence-electron chi connectivity index (χ2n) is 4.71. The molecule has 0 bridgehead atoms. The second kappa shape index (κ2) is 5.62. The van der Waals surface area contributed by atoms with Gasteiger partial charge >= 0.3 is 0 Å². The van der Waals surface area contributed by atoms with Crippen LogP contribution >= 0.6 is 0 Å². The second-order valence-corrected chi connectivity index (χ2v) is 4.71. The Morgan fingerprint density at radius 2 is 1.78 bits per heavy atom. The van der Waals surface area contributed by atoms with Crippen molar-refractivity contribution in [2.75, 3.05) is 0 Å². The number of benzene rings is 1. The summed E-state index contributed by atoms with van der Waals surface area (Å²) in [6, 6.07) is 5.94. The standard InChI is InChI=1S/C13H18N2O3/c1-9(2)14(10(3)4)13(16)11-6-5-7-12(8-11)15(17)18/h5-10H,1-4H3. The number of carbonyl (C=O) groups is 1. The molecule has 0 atom stereocenters. The number of nitro benzene ring substituents is 1. The molecule has 1 aromatic carbocycles. The summed E-state index contributed by atoms with van der Waals surface area (Å²) >= 11 is 0. The minimum Gasteiger partial charge on any atom is -0.334 e. The molecule has 5 nitrogen and oxygen atoms in total. The van der Waals surface area contributed by atoms with E-state index in [-0.39, 0.29) is 23.7 Å². The predicted molar refractivity (Wildman–Crippen MR) is 69.5 cm³/mol. The number of rotatable bonds is 4. The number of nitro groups is 1. The van der Waals surface area contributed by atoms with E-state index in [1.807, 2.05) is 27.7 Å². The van der Waals surface area contributed by atoms with Crippen LogP contribution in [-0.4, -0.2) is 27.8 Å². The first-order valence-corrected chi connectivity index (χ1v) is 5.91. The predicted octanol–water partition coefficient (Wildman–Crippen LogP) is 2.85. The molecule has 0 unspecified atom stereocenters. The summed E-state index contributed by atoms with van der Waals surface area (Å²) in [5, 5.41) is 10.7. The zero-order valence-electron chi connectivity index (χ0n) is 11.1. The van der Waals surface area contributed by atoms with E-state index in [1.165, 1.54) is 18.2 Å². The Morgan fingerprint density at radius 1 is 1.22 bits per heavy atom. The lowest BCUT2D eigenvalue weighted by atomic mass is 10.1. The van der Waals surface area contributed by atoms with Gasteiger partial charge in [-0.1, -0.05) is 6.07 Å². The van der Waals surface area contributed by atoms with Gasteiger partial charge in [0.25, 0.3) is 11.6 Å². The zero-order chi connectivity index (χ0) is 13.9. The van der Waals surface area contributed by atoms with Gasteiger partial charge in [0.2, 0.25) is 0 Å². The summed E-state index contributed by atoms with van der Waals surface area (Å²) in [7, 11) is 0. The summed E-state index contributed by atoms with van der Waals surface area (Å²) in [5.41, 5.74) is 0.292. The maximum Gasteiger partial charge on any atom is 0.270 e. The van der Waals surface area contributed by atoms with E-state index in [0.717, 1.165) is 0 Å². The van der Waals surface area contributed by atoms with Gasteiger partial charge in [-0.25, -0.2) is 0 Å². The normalized spacial score (nSPS) is 10.8. The lowest BCUT2D eigenvalue weighted by molar-refractivity contribution is -0.384. The molecule has 1 aromatic rings. The van der Waals surface area contributed by atoms with Gasteiger partial charge in [-0.2, -0.15) is 0 Å². The van der Waals surface area contributed by atoms with Crippen molar-refractivity contribution in [3.63, 3.8) is 0 Å². The van der Waals surface area contributed by atoms with Gasteiger partial charge in [-0.3, -0.25) is 14.9 Å². The van der Waals surface area contributed by atoms with E-state index >= 15 is 0 Å². The van der Waals surface area contributed by atoms with Crippen molar-refractivity contribution in [1.82, 2.24) is 4.90 Å². The number of carbonyl (C=O) groups excluding carboxylic acids is 1. The van der Waals surface area contributed by atoms with Crippen molar-refractivity contribution in [1.29, 1.82) is 0 Å². The van der Waals surface area contributed by atoms with Gasteiger partial charge in [0, 0.05) is 29.8 Å². The van der Waals surface area contributed by atoms with E-state index < -0.39 is 4.92 Å². The van der Waals surface area contributed by atoms with Crippen molar-refractivity contribution >= 4 is 11.6 Å². The third-order valence-corrected chi connectivity index (χ3v) is 2.65. The Morgan fingerprint density at radius 3 is 2.22 bits per heavy atom. The number of hydrogen-bond donors (Lipinski definition) is 0. The Bertz CT molecular complexity index is 447. The van der Waals surface area contributed by atoms with E-state index in [0.29, 0.717) is 5.56 Å². The Labute approximate surface area is 107 Å². The van der Waals surface area contributed by atoms with Crippen LogP contribution in [0.2, 0.25) is 0 Å². The van der Waals surface area contributed by atoms with Gasteiger partial charge < -0.3 is 4.90 Å². The number of nitrogens with zero attached hydrogens (tertiary/aromatic N) is 2. The third-order valence-electron chi connectivity index (χ3n) is 2.65. The summed E-state index contributed by atoms with van der Waals surface area (Å²) < 4.78 is 0. The van der Waals surface area contributed by atoms with Crippen molar-refractivity contribution in [3.8, 4) is 0 Å². The first-order chi connectivity index (χ1) is 8.34. The van der Waals surface area contributed by atoms with E-state index in [2.05, 4.69) is 0 Å². The van der Waals surface area contributed by atoms with Gasteiger partial charge in [0.15, 0.2) is 0 Å². The maximum absolute atomic E-state index is 12.3. The van der Waals surface area contributed by atoms with E-state index in [4.69, 9.17) is 0 Å². The topological polar surface area (TPSA) is 63.5 Å². The minimum atomic E-state index is -0.494. The molecule has 1 rings (SSSR count). The third kappa shape index (κ3) is 3.06. The molecule has 18 heavy (non-hydrogen) atoms. The van der Waals surface area contributed by atoms with Crippen LogP contribution < -0.4 is 0 Å². The highest BCUT2D eigenvalue weighted by Gasteiger charge is 2.22. The largest absolute Gasteiger partial charge is 0.334 e. The fraction of sp³-hybridized carbons (Fsp3) is 0.462. The number of non-ortho nitro benzene ring substituents is 1. The van der Waals surface area contributed by atoms with Crippen molar-refractivity contribution in [2.45, 2.75) is 39.8 Å². The minimum absolute atomic E-state index is 0.0526. The average molecular weight is 250 g/mol. The molecule has 0 aliphatic heterocycles. The smallest absolute Gasteiger partial charge is 0.270 e. The van der Waals surface area contributed by atoms with E-state index in [1.54, 1.807) is 11.0 Å². The van der Waals surface area contributed by atoms with Gasteiger partial charge in [-0.05, 0) is 33.8 Å². The first kappa shape index (κ1) is 14.2. The molecule has 0 heterocycles. The molecule has 1 amide bonds. The lowest BCUT2D eigenvalue weighted by Crippen LogP contribution is -2.42. The van der Waals surface area contributed by atoms with Crippen LogP contribution in [-0.2, 0) is 0 Å². The van der Waals surface area contributed by atoms with Crippen molar-refractivity contribution in [2.24, 2.45) is 0 Å². The van der Waals surface area contributed by atoms with Crippen LogP contribution in [0.1, 0.15) is 38.1 Å². The molecule has 0 aliphatic carbocycles. The van der Waals surface area contributed by atoms with Crippen LogP contribution in [0.25, 0.3) is 0 Å². The molecule has 98 valence electrons. The van der Waals surface area contributed by atoms with Gasteiger partial charge in [0.1, 0.15) is 0 Å². The van der Waals surface area contributed by atoms with Crippen molar-refractivity contribution in [3.05, 3.63) is 39.9 Å². The monoisotopic (exact) mass is 250 g/mol. The van der Waals surface area contributed by atoms with Crippen LogP contribution in [0.15, 0.2) is 24.3 Å². The van der Waals surface area contributed by atoms with Gasteiger partial charge in [0.05, 0.1) is 4.92 Å². The van der Waals surface area contributed by atoms with Crippen LogP contribution in [0.5, 0.6) is 0 Å². The van der Waals surface area contributed by atoms with Crippen LogP contribution in [0, 0.1) is 10.1 Å². The molecule has 0 aromatic heterocycles. The quantitative estimate of drug-likeness (QED) is 0.609. The summed E-state index contributed by atoms with van der Waals surface area (Å²) in [6.07, 6.45) is 0. The molecule has 0 spiro atoms. The molecule has 5 heteroatoms. The fourth-order valence-electron chi connectivity index (χ4n) is 1.97. The maximum atomic E-state index is 12.3. The highest BCUT2D eigenvalue weighted by Crippen LogP contribution is 2.17. The van der Waals surface area contributed by atoms with E-state index in [9.17, 15) is 14.9 Å². The SMILES string of the molecule is CC(C)N(C(=O)c1cccc([N+](=O)[O-])c1)C(C)C. The fourth-order valence-corrected chi connectivity index (χ4v) is 1.97. The van der Waals surface area contributed by atoms with Crippen molar-refractivity contribution < 1.29 is 9.72 Å². The molecule has 0 saturated heterocycles. The summed E-state index contributed by atoms with van der Waals surface area (Å²) in [4.78, 5) is 24.2. The summed E-state index contributed by atoms with van der Waals surface area (Å²) in [5.74, 6) is -0.177. The Balaban J connectivity index is 3.09. The number of amides is 1. The number of hydrogen-bond acceptors (Lipinski definition) is 3. The Kier molecular flexibility index (Phi) is 4.42. The summed E-state index contributed by atoms with van der Waals surface area (Å²) in [6.45, 7) is 7.70. The average Bonchev–Trinajstić information content (AvgIpc) is 2.28. The molecule has 0 saturated carbocycles. The molecule has 0 N–H and O–H groups in total. The molecule has 0 aliphatic rings.